The van der Waals surface area contributed by atoms with Crippen LogP contribution in [0.4, 0.5) is 5.69 Å². The smallest absolute Gasteiger partial charge is 0.227 e. The number of carbonyl (C=O) groups excluding carboxylic acids is 1. The normalized spacial score (nSPS) is 17.6. The summed E-state index contributed by atoms with van der Waals surface area (Å²) >= 11 is 12.8. The average molecular weight is 481 g/mol. The Kier molecular flexibility index (Phi) is 6.22. The summed E-state index contributed by atoms with van der Waals surface area (Å²) in [6, 6.07) is 20.1. The molecule has 1 saturated heterocycles. The fourth-order valence-corrected chi connectivity index (χ4v) is 5.22. The van der Waals surface area contributed by atoms with E-state index in [1.165, 1.54) is 5.56 Å². The Balaban J connectivity index is 1.39. The molecular weight excluding hydrogens is 455 g/mol. The number of fused-ring (bicyclic) bond motifs is 1. The Morgan fingerprint density at radius 3 is 2.64 bits per heavy atom. The van der Waals surface area contributed by atoms with Crippen LogP contribution >= 0.6 is 23.2 Å². The number of hydrogen-bond donors (Lipinski definition) is 0. The molecule has 2 aliphatic heterocycles. The van der Waals surface area contributed by atoms with Crippen LogP contribution in [0.3, 0.4) is 0 Å². The van der Waals surface area contributed by atoms with Crippen molar-refractivity contribution in [1.82, 2.24) is 4.90 Å². The Labute approximate surface area is 204 Å². The molecule has 1 amide bonds. The van der Waals surface area contributed by atoms with E-state index >= 15 is 0 Å². The number of aryl methyl sites for hydroxylation is 1. The highest BCUT2D eigenvalue weighted by molar-refractivity contribution is 6.33. The summed E-state index contributed by atoms with van der Waals surface area (Å²) < 4.78 is 5.60. The number of benzene rings is 3. The van der Waals surface area contributed by atoms with Crippen LogP contribution in [0.15, 0.2) is 60.7 Å². The van der Waals surface area contributed by atoms with Crippen LogP contribution in [0.5, 0.6) is 5.75 Å². The molecular formula is C27H26Cl2N2O2. The number of rotatable bonds is 4. The van der Waals surface area contributed by atoms with E-state index in [0.717, 1.165) is 46.2 Å². The Morgan fingerprint density at radius 2 is 1.85 bits per heavy atom. The lowest BCUT2D eigenvalue weighted by Crippen LogP contribution is -2.51. The molecule has 0 spiro atoms. The minimum absolute atomic E-state index is 0.00593. The predicted octanol–water partition coefficient (Wildman–Crippen LogP) is 5.87. The molecule has 1 atom stereocenters. The van der Waals surface area contributed by atoms with E-state index in [1.807, 2.05) is 54.3 Å². The first-order valence-corrected chi connectivity index (χ1v) is 12.0. The predicted molar refractivity (Wildman–Crippen MR) is 134 cm³/mol. The molecule has 3 aromatic rings. The number of anilines is 1. The highest BCUT2D eigenvalue weighted by Gasteiger charge is 2.32. The SMILES string of the molecule is Cc1ccc(N2CCN(C(=O)Cc3ccc4c(c3)CCO4)CC2c2ccc(Cl)cc2)c(Cl)c1. The molecule has 0 saturated carbocycles. The van der Waals surface area contributed by atoms with Crippen LogP contribution in [0.2, 0.25) is 10.0 Å². The third kappa shape index (κ3) is 4.68. The lowest BCUT2D eigenvalue weighted by atomic mass is 10.00. The fourth-order valence-electron chi connectivity index (χ4n) is 4.75. The molecule has 170 valence electrons. The van der Waals surface area contributed by atoms with Gasteiger partial charge in [0.1, 0.15) is 5.75 Å². The number of ether oxygens (including phenoxy) is 1. The van der Waals surface area contributed by atoms with Crippen LogP contribution in [-0.2, 0) is 17.6 Å². The van der Waals surface area contributed by atoms with Gasteiger partial charge in [0.05, 0.1) is 29.8 Å². The monoisotopic (exact) mass is 480 g/mol. The van der Waals surface area contributed by atoms with Gasteiger partial charge in [-0.3, -0.25) is 4.79 Å². The summed E-state index contributed by atoms with van der Waals surface area (Å²) in [5, 5.41) is 1.43. The highest BCUT2D eigenvalue weighted by Crippen LogP contribution is 2.36. The molecule has 0 aliphatic carbocycles. The van der Waals surface area contributed by atoms with E-state index in [4.69, 9.17) is 27.9 Å². The van der Waals surface area contributed by atoms with Crippen molar-refractivity contribution >= 4 is 34.8 Å². The van der Waals surface area contributed by atoms with Crippen molar-refractivity contribution in [2.45, 2.75) is 25.8 Å². The van der Waals surface area contributed by atoms with Crippen LogP contribution < -0.4 is 9.64 Å². The van der Waals surface area contributed by atoms with Gasteiger partial charge in [0.2, 0.25) is 5.91 Å². The van der Waals surface area contributed by atoms with Crippen molar-refractivity contribution in [2.75, 3.05) is 31.1 Å². The zero-order valence-electron chi connectivity index (χ0n) is 18.6. The number of halogens is 2. The van der Waals surface area contributed by atoms with Gasteiger partial charge in [-0.15, -0.1) is 0 Å². The number of nitrogens with zero attached hydrogens (tertiary/aromatic N) is 2. The Morgan fingerprint density at radius 1 is 1.03 bits per heavy atom. The van der Waals surface area contributed by atoms with E-state index in [9.17, 15) is 4.79 Å². The quantitative estimate of drug-likeness (QED) is 0.468. The van der Waals surface area contributed by atoms with Crippen molar-refractivity contribution in [3.8, 4) is 5.75 Å². The first kappa shape index (κ1) is 22.1. The van der Waals surface area contributed by atoms with E-state index in [-0.39, 0.29) is 11.9 Å². The molecule has 0 radical (unpaired) electrons. The van der Waals surface area contributed by atoms with Gasteiger partial charge in [-0.1, -0.05) is 53.5 Å². The van der Waals surface area contributed by atoms with Gasteiger partial charge in [0, 0.05) is 31.1 Å². The molecule has 6 heteroatoms. The van der Waals surface area contributed by atoms with E-state index < -0.39 is 0 Å². The lowest BCUT2D eigenvalue weighted by molar-refractivity contribution is -0.131. The standard InChI is InChI=1S/C27H26Cl2N2O2/c1-18-2-8-24(23(29)14-18)31-12-11-30(17-25(31)20-4-6-22(28)7-5-20)27(32)16-19-3-9-26-21(15-19)10-13-33-26/h2-9,14-15,25H,10-13,16-17H2,1H3. The lowest BCUT2D eigenvalue weighted by Gasteiger charge is -2.43. The van der Waals surface area contributed by atoms with Gasteiger partial charge >= 0.3 is 0 Å². The molecule has 5 rings (SSSR count). The number of hydrogen-bond acceptors (Lipinski definition) is 3. The molecule has 1 fully saturated rings. The van der Waals surface area contributed by atoms with Crippen molar-refractivity contribution in [3.63, 3.8) is 0 Å². The Bertz CT molecular complexity index is 1180. The second kappa shape index (κ2) is 9.28. The van der Waals surface area contributed by atoms with Crippen molar-refractivity contribution in [2.24, 2.45) is 0 Å². The highest BCUT2D eigenvalue weighted by atomic mass is 35.5. The maximum Gasteiger partial charge on any atom is 0.227 e. The minimum Gasteiger partial charge on any atom is -0.493 e. The summed E-state index contributed by atoms with van der Waals surface area (Å²) in [7, 11) is 0. The topological polar surface area (TPSA) is 32.8 Å². The fraction of sp³-hybridized carbons (Fsp3) is 0.296. The summed E-state index contributed by atoms with van der Waals surface area (Å²) in [6.07, 6.45) is 1.30. The van der Waals surface area contributed by atoms with Crippen LogP contribution in [0.1, 0.15) is 28.3 Å². The molecule has 2 heterocycles. The van der Waals surface area contributed by atoms with Gasteiger partial charge in [-0.2, -0.15) is 0 Å². The first-order valence-electron chi connectivity index (χ1n) is 11.3. The Hall–Kier alpha value is -2.69. The van der Waals surface area contributed by atoms with E-state index in [0.29, 0.717) is 31.1 Å². The summed E-state index contributed by atoms with van der Waals surface area (Å²) in [6.45, 7) is 4.72. The zero-order chi connectivity index (χ0) is 22.9. The van der Waals surface area contributed by atoms with E-state index in [2.05, 4.69) is 23.1 Å². The maximum atomic E-state index is 13.3. The average Bonchev–Trinajstić information content (AvgIpc) is 3.27. The number of piperazine rings is 1. The maximum absolute atomic E-state index is 13.3. The van der Waals surface area contributed by atoms with E-state index in [1.54, 1.807) is 0 Å². The number of amides is 1. The molecule has 0 aromatic heterocycles. The molecule has 2 aliphatic rings. The third-order valence-corrected chi connectivity index (χ3v) is 7.06. The number of carbonyl (C=O) groups is 1. The summed E-state index contributed by atoms with van der Waals surface area (Å²) in [5.74, 6) is 1.08. The van der Waals surface area contributed by atoms with Gasteiger partial charge in [-0.25, -0.2) is 0 Å². The van der Waals surface area contributed by atoms with Gasteiger partial charge in [0.15, 0.2) is 0 Å². The van der Waals surface area contributed by atoms with Gasteiger partial charge in [0.25, 0.3) is 0 Å². The minimum atomic E-state index is -0.00593. The van der Waals surface area contributed by atoms with Crippen molar-refractivity contribution < 1.29 is 9.53 Å². The second-order valence-corrected chi connectivity index (χ2v) is 9.62. The molecule has 0 bridgehead atoms. The van der Waals surface area contributed by atoms with Gasteiger partial charge in [-0.05, 0) is 59.5 Å². The molecule has 1 unspecified atom stereocenters. The first-order chi connectivity index (χ1) is 16.0. The van der Waals surface area contributed by atoms with Crippen molar-refractivity contribution in [3.05, 3.63) is 93.0 Å². The van der Waals surface area contributed by atoms with Crippen LogP contribution in [-0.4, -0.2) is 37.0 Å². The molecule has 0 N–H and O–H groups in total. The molecule has 4 nitrogen and oxygen atoms in total. The second-order valence-electron chi connectivity index (χ2n) is 8.77. The summed E-state index contributed by atoms with van der Waals surface area (Å²) in [5.41, 5.74) is 5.46. The zero-order valence-corrected chi connectivity index (χ0v) is 20.1. The molecule has 33 heavy (non-hydrogen) atoms. The summed E-state index contributed by atoms with van der Waals surface area (Å²) in [4.78, 5) is 17.6. The van der Waals surface area contributed by atoms with Gasteiger partial charge < -0.3 is 14.5 Å². The van der Waals surface area contributed by atoms with Crippen LogP contribution in [0, 0.1) is 6.92 Å². The third-order valence-electron chi connectivity index (χ3n) is 6.51. The largest absolute Gasteiger partial charge is 0.493 e. The molecule has 3 aromatic carbocycles. The van der Waals surface area contributed by atoms with Crippen LogP contribution in [0.25, 0.3) is 0 Å². The van der Waals surface area contributed by atoms with Crippen molar-refractivity contribution in [1.29, 1.82) is 0 Å².